The van der Waals surface area contributed by atoms with E-state index in [4.69, 9.17) is 10.00 Å². The molecule has 0 aliphatic carbocycles. The second-order valence-corrected chi connectivity index (χ2v) is 4.32. The van der Waals surface area contributed by atoms with Crippen molar-refractivity contribution in [3.8, 4) is 11.8 Å². The molecule has 0 radical (unpaired) electrons. The van der Waals surface area contributed by atoms with E-state index in [-0.39, 0.29) is 0 Å². The molecule has 0 spiro atoms. The van der Waals surface area contributed by atoms with Gasteiger partial charge in [0.05, 0.1) is 11.6 Å². The van der Waals surface area contributed by atoms with Crippen LogP contribution in [0.1, 0.15) is 22.3 Å². The molecule has 0 bridgehead atoms. The highest BCUT2D eigenvalue weighted by Crippen LogP contribution is 2.23. The van der Waals surface area contributed by atoms with Crippen LogP contribution in [-0.2, 0) is 6.61 Å². The second-order valence-electron chi connectivity index (χ2n) is 4.32. The number of hydrogen-bond donors (Lipinski definition) is 0. The van der Waals surface area contributed by atoms with Crippen molar-refractivity contribution >= 4 is 0 Å². The maximum atomic E-state index is 8.73. The van der Waals surface area contributed by atoms with Gasteiger partial charge >= 0.3 is 0 Å². The van der Waals surface area contributed by atoms with Gasteiger partial charge in [0.1, 0.15) is 12.4 Å². The monoisotopic (exact) mass is 237 g/mol. The van der Waals surface area contributed by atoms with Crippen molar-refractivity contribution in [2.75, 3.05) is 0 Å². The first-order valence-electron chi connectivity index (χ1n) is 5.89. The molecule has 2 rings (SSSR count). The highest BCUT2D eigenvalue weighted by molar-refractivity contribution is 5.40. The third kappa shape index (κ3) is 2.70. The molecule has 0 heterocycles. The fourth-order valence-electron chi connectivity index (χ4n) is 1.86. The average Bonchev–Trinajstić information content (AvgIpc) is 2.39. The molecule has 2 aromatic rings. The zero-order valence-electron chi connectivity index (χ0n) is 10.6. The minimum Gasteiger partial charge on any atom is -0.488 e. The largest absolute Gasteiger partial charge is 0.488 e. The summed E-state index contributed by atoms with van der Waals surface area (Å²) >= 11 is 0. The Kier molecular flexibility index (Phi) is 3.64. The first-order valence-corrected chi connectivity index (χ1v) is 5.89. The van der Waals surface area contributed by atoms with Crippen LogP contribution < -0.4 is 4.74 Å². The van der Waals surface area contributed by atoms with Crippen molar-refractivity contribution < 1.29 is 4.74 Å². The van der Waals surface area contributed by atoms with Gasteiger partial charge in [0.15, 0.2) is 0 Å². The van der Waals surface area contributed by atoms with Crippen molar-refractivity contribution in [2.24, 2.45) is 0 Å². The maximum absolute atomic E-state index is 8.73. The number of benzene rings is 2. The minimum atomic E-state index is 0.525. The maximum Gasteiger partial charge on any atom is 0.125 e. The lowest BCUT2D eigenvalue weighted by Gasteiger charge is -2.11. The van der Waals surface area contributed by atoms with Gasteiger partial charge in [-0.15, -0.1) is 0 Å². The number of ether oxygens (including phenoxy) is 1. The number of nitriles is 1. The van der Waals surface area contributed by atoms with Crippen LogP contribution in [0.4, 0.5) is 0 Å². The van der Waals surface area contributed by atoms with E-state index in [0.717, 1.165) is 22.4 Å². The molecule has 0 N–H and O–H groups in total. The Morgan fingerprint density at radius 1 is 1.00 bits per heavy atom. The van der Waals surface area contributed by atoms with Gasteiger partial charge in [-0.3, -0.25) is 0 Å². The molecule has 18 heavy (non-hydrogen) atoms. The van der Waals surface area contributed by atoms with Gasteiger partial charge in [-0.05, 0) is 42.7 Å². The van der Waals surface area contributed by atoms with Gasteiger partial charge in [-0.1, -0.05) is 30.3 Å². The summed E-state index contributed by atoms with van der Waals surface area (Å²) in [5.74, 6) is 0.946. The van der Waals surface area contributed by atoms with Crippen molar-refractivity contribution in [2.45, 2.75) is 20.5 Å². The van der Waals surface area contributed by atoms with E-state index in [1.165, 1.54) is 0 Å². The Bertz CT molecular complexity index is 559. The highest BCUT2D eigenvalue weighted by atomic mass is 16.5. The Hall–Kier alpha value is -2.27. The van der Waals surface area contributed by atoms with E-state index >= 15 is 0 Å². The van der Waals surface area contributed by atoms with Gasteiger partial charge in [0.2, 0.25) is 0 Å². The van der Waals surface area contributed by atoms with Crippen LogP contribution >= 0.6 is 0 Å². The summed E-state index contributed by atoms with van der Waals surface area (Å²) in [7, 11) is 0. The Morgan fingerprint density at radius 2 is 1.61 bits per heavy atom. The zero-order valence-corrected chi connectivity index (χ0v) is 10.6. The number of aryl methyl sites for hydroxylation is 2. The summed E-state index contributed by atoms with van der Waals surface area (Å²) < 4.78 is 5.84. The quantitative estimate of drug-likeness (QED) is 0.814. The van der Waals surface area contributed by atoms with Crippen molar-refractivity contribution in [1.82, 2.24) is 0 Å². The molecule has 0 saturated carbocycles. The topological polar surface area (TPSA) is 33.0 Å². The molecule has 0 fully saturated rings. The molecular weight excluding hydrogens is 222 g/mol. The molecule has 0 aliphatic rings. The molecule has 90 valence electrons. The van der Waals surface area contributed by atoms with Crippen LogP contribution in [0.3, 0.4) is 0 Å². The third-order valence-electron chi connectivity index (χ3n) is 2.87. The van der Waals surface area contributed by atoms with Crippen LogP contribution in [0.2, 0.25) is 0 Å². The lowest BCUT2D eigenvalue weighted by molar-refractivity contribution is 0.302. The van der Waals surface area contributed by atoms with E-state index in [1.807, 2.05) is 56.3 Å². The van der Waals surface area contributed by atoms with E-state index in [2.05, 4.69) is 6.07 Å². The van der Waals surface area contributed by atoms with Crippen LogP contribution in [0.25, 0.3) is 0 Å². The summed E-state index contributed by atoms with van der Waals surface area (Å²) in [5, 5.41) is 8.73. The van der Waals surface area contributed by atoms with E-state index < -0.39 is 0 Å². The van der Waals surface area contributed by atoms with Gasteiger partial charge in [-0.2, -0.15) is 5.26 Å². The number of nitrogens with zero attached hydrogens (tertiary/aromatic N) is 1. The van der Waals surface area contributed by atoms with Crippen LogP contribution in [0.15, 0.2) is 42.5 Å². The zero-order chi connectivity index (χ0) is 13.0. The average molecular weight is 237 g/mol. The van der Waals surface area contributed by atoms with E-state index in [9.17, 15) is 0 Å². The fourth-order valence-corrected chi connectivity index (χ4v) is 1.86. The molecular formula is C16H15NO. The molecule has 0 atom stereocenters. The van der Waals surface area contributed by atoms with Gasteiger partial charge in [0.25, 0.3) is 0 Å². The summed E-state index contributed by atoms with van der Waals surface area (Å²) in [6, 6.07) is 15.7. The first kappa shape index (κ1) is 12.2. The van der Waals surface area contributed by atoms with Crippen LogP contribution in [0.5, 0.6) is 5.75 Å². The molecule has 2 heteroatoms. The predicted molar refractivity (Wildman–Crippen MR) is 71.4 cm³/mol. The predicted octanol–water partition coefficient (Wildman–Crippen LogP) is 3.75. The Labute approximate surface area is 107 Å². The number of rotatable bonds is 3. The molecule has 0 amide bonds. The summed E-state index contributed by atoms with van der Waals surface area (Å²) in [5.41, 5.74) is 4.02. The molecule has 0 unspecified atom stereocenters. The Morgan fingerprint density at radius 3 is 2.17 bits per heavy atom. The third-order valence-corrected chi connectivity index (χ3v) is 2.87. The van der Waals surface area contributed by atoms with Crippen LogP contribution in [-0.4, -0.2) is 0 Å². The second kappa shape index (κ2) is 5.37. The first-order chi connectivity index (χ1) is 8.70. The van der Waals surface area contributed by atoms with Gasteiger partial charge in [-0.25, -0.2) is 0 Å². The number of para-hydroxylation sites is 1. The summed E-state index contributed by atoms with van der Waals surface area (Å²) in [4.78, 5) is 0. The van der Waals surface area contributed by atoms with E-state index in [1.54, 1.807) is 0 Å². The summed E-state index contributed by atoms with van der Waals surface area (Å²) in [6.45, 7) is 4.61. The Balaban J connectivity index is 2.09. The van der Waals surface area contributed by atoms with Crippen LogP contribution in [0, 0.1) is 25.2 Å². The standard InChI is InChI=1S/C16H15NO/c1-12-4-3-5-13(2)16(12)18-11-15-8-6-14(10-17)7-9-15/h3-9H,11H2,1-2H3. The molecule has 0 aliphatic heterocycles. The fraction of sp³-hybridized carbons (Fsp3) is 0.188. The van der Waals surface area contributed by atoms with Crippen molar-refractivity contribution in [1.29, 1.82) is 5.26 Å². The lowest BCUT2D eigenvalue weighted by atomic mass is 10.1. The number of hydrogen-bond acceptors (Lipinski definition) is 2. The summed E-state index contributed by atoms with van der Waals surface area (Å²) in [6.07, 6.45) is 0. The van der Waals surface area contributed by atoms with Gasteiger partial charge in [0, 0.05) is 0 Å². The molecule has 0 aromatic heterocycles. The lowest BCUT2D eigenvalue weighted by Crippen LogP contribution is -1.98. The minimum absolute atomic E-state index is 0.525. The van der Waals surface area contributed by atoms with Crippen molar-refractivity contribution in [3.63, 3.8) is 0 Å². The molecule has 0 saturated heterocycles. The SMILES string of the molecule is Cc1cccc(C)c1OCc1ccc(C#N)cc1. The van der Waals surface area contributed by atoms with E-state index in [0.29, 0.717) is 12.2 Å². The highest BCUT2D eigenvalue weighted by Gasteiger charge is 2.03. The molecule has 2 nitrogen and oxygen atoms in total. The normalized spacial score (nSPS) is 9.83. The van der Waals surface area contributed by atoms with Crippen molar-refractivity contribution in [3.05, 3.63) is 64.7 Å². The smallest absolute Gasteiger partial charge is 0.125 e. The van der Waals surface area contributed by atoms with Gasteiger partial charge < -0.3 is 4.74 Å². The molecule has 2 aromatic carbocycles.